The van der Waals surface area contributed by atoms with E-state index in [1.54, 1.807) is 37.3 Å². The third kappa shape index (κ3) is 3.80. The van der Waals surface area contributed by atoms with Gasteiger partial charge in [0.1, 0.15) is 12.1 Å². The first-order valence-corrected chi connectivity index (χ1v) is 9.40. The molecule has 2 atom stereocenters. The van der Waals surface area contributed by atoms with Crippen LogP contribution in [0.4, 0.5) is 0 Å². The van der Waals surface area contributed by atoms with Crippen LogP contribution in [0.2, 0.25) is 0 Å². The number of likely N-dealkylation sites (tertiary alicyclic amines) is 1. The first-order chi connectivity index (χ1) is 13.1. The second-order valence-corrected chi connectivity index (χ2v) is 7.14. The Morgan fingerprint density at radius 3 is 2.67 bits per heavy atom. The highest BCUT2D eigenvalue weighted by Gasteiger charge is 2.39. The zero-order chi connectivity index (χ0) is 18.8. The second-order valence-electron chi connectivity index (χ2n) is 7.14. The number of methoxy groups -OCH3 is 1. The van der Waals surface area contributed by atoms with E-state index >= 15 is 0 Å². The number of nitrogens with zero attached hydrogens (tertiary/aromatic N) is 4. The number of carbonyl (C=O) groups excluding carboxylic acids is 1. The molecule has 1 aliphatic heterocycles. The first-order valence-electron chi connectivity index (χ1n) is 9.40. The highest BCUT2D eigenvalue weighted by molar-refractivity contribution is 5.94. The molecule has 2 aliphatic rings. The maximum absolute atomic E-state index is 13.1. The predicted molar refractivity (Wildman–Crippen MR) is 95.3 cm³/mol. The molecule has 8 heteroatoms. The van der Waals surface area contributed by atoms with Gasteiger partial charge in [0.05, 0.1) is 11.7 Å². The van der Waals surface area contributed by atoms with E-state index < -0.39 is 0 Å². The molecule has 2 fully saturated rings. The fraction of sp³-hybridized carbons (Fsp3) is 0.579. The third-order valence-electron chi connectivity index (χ3n) is 5.26. The van der Waals surface area contributed by atoms with Gasteiger partial charge in [-0.2, -0.15) is 0 Å². The molecule has 144 valence electrons. The van der Waals surface area contributed by atoms with Crippen LogP contribution >= 0.6 is 0 Å². The van der Waals surface area contributed by atoms with E-state index in [0.29, 0.717) is 36.2 Å². The lowest BCUT2D eigenvalue weighted by atomic mass is 10.2. The van der Waals surface area contributed by atoms with E-state index in [0.717, 1.165) is 12.8 Å². The van der Waals surface area contributed by atoms with Gasteiger partial charge < -0.3 is 18.8 Å². The molecule has 3 heterocycles. The van der Waals surface area contributed by atoms with Crippen molar-refractivity contribution in [3.63, 3.8) is 0 Å². The van der Waals surface area contributed by atoms with Crippen LogP contribution in [0, 0.1) is 6.92 Å². The molecule has 2 aromatic heterocycles. The second kappa shape index (κ2) is 7.64. The quantitative estimate of drug-likeness (QED) is 0.797. The minimum atomic E-state index is -0.293. The Morgan fingerprint density at radius 2 is 2.04 bits per heavy atom. The van der Waals surface area contributed by atoms with Gasteiger partial charge in [0.15, 0.2) is 0 Å². The van der Waals surface area contributed by atoms with Gasteiger partial charge in [0.2, 0.25) is 17.7 Å². The van der Waals surface area contributed by atoms with Gasteiger partial charge in [-0.3, -0.25) is 4.79 Å². The van der Waals surface area contributed by atoms with Crippen molar-refractivity contribution >= 4 is 5.91 Å². The summed E-state index contributed by atoms with van der Waals surface area (Å²) < 4.78 is 16.9. The monoisotopic (exact) mass is 372 g/mol. The molecule has 8 nitrogen and oxygen atoms in total. The summed E-state index contributed by atoms with van der Waals surface area (Å²) in [7, 11) is 1.64. The number of ether oxygens (including phenoxy) is 2. The average molecular weight is 372 g/mol. The summed E-state index contributed by atoms with van der Waals surface area (Å²) in [4.78, 5) is 19.1. The largest absolute Gasteiger partial charge is 0.474 e. The van der Waals surface area contributed by atoms with E-state index in [2.05, 4.69) is 15.2 Å². The van der Waals surface area contributed by atoms with E-state index in [1.807, 2.05) is 0 Å². The highest BCUT2D eigenvalue weighted by Crippen LogP contribution is 2.34. The maximum Gasteiger partial charge on any atom is 0.256 e. The maximum atomic E-state index is 13.1. The Hall–Kier alpha value is -2.48. The normalized spacial score (nSPS) is 23.1. The van der Waals surface area contributed by atoms with Crippen LogP contribution in [0.3, 0.4) is 0 Å². The van der Waals surface area contributed by atoms with Crippen molar-refractivity contribution < 1.29 is 18.7 Å². The van der Waals surface area contributed by atoms with Crippen LogP contribution in [0.25, 0.3) is 0 Å². The van der Waals surface area contributed by atoms with Crippen molar-refractivity contribution in [2.24, 2.45) is 0 Å². The average Bonchev–Trinajstić information content (AvgIpc) is 3.42. The topological polar surface area (TPSA) is 90.6 Å². The predicted octanol–water partition coefficient (Wildman–Crippen LogP) is 2.70. The Kier molecular flexibility index (Phi) is 5.07. The minimum absolute atomic E-state index is 0.0657. The molecule has 27 heavy (non-hydrogen) atoms. The van der Waals surface area contributed by atoms with E-state index in [1.165, 1.54) is 12.8 Å². The number of hydrogen-bond donors (Lipinski definition) is 0. The zero-order valence-corrected chi connectivity index (χ0v) is 15.6. The smallest absolute Gasteiger partial charge is 0.256 e. The van der Waals surface area contributed by atoms with Crippen LogP contribution in [0.1, 0.15) is 60.3 Å². The summed E-state index contributed by atoms with van der Waals surface area (Å²) >= 11 is 0. The zero-order valence-electron chi connectivity index (χ0n) is 15.6. The molecule has 1 aliphatic carbocycles. The van der Waals surface area contributed by atoms with Crippen LogP contribution in [0.15, 0.2) is 22.7 Å². The molecule has 0 aromatic carbocycles. The first kappa shape index (κ1) is 17.9. The minimum Gasteiger partial charge on any atom is -0.474 e. The fourth-order valence-electron chi connectivity index (χ4n) is 3.79. The Morgan fingerprint density at radius 1 is 1.22 bits per heavy atom. The molecule has 0 N–H and O–H groups in total. The molecule has 1 saturated heterocycles. The summed E-state index contributed by atoms with van der Waals surface area (Å²) in [5.41, 5.74) is 0.506. The lowest BCUT2D eigenvalue weighted by Crippen LogP contribution is -2.32. The summed E-state index contributed by atoms with van der Waals surface area (Å²) in [6.45, 7) is 2.21. The molecule has 0 unspecified atom stereocenters. The summed E-state index contributed by atoms with van der Waals surface area (Å²) in [6, 6.07) is 3.23. The Labute approximate surface area is 157 Å². The highest BCUT2D eigenvalue weighted by atomic mass is 16.5. The molecule has 0 spiro atoms. The van der Waals surface area contributed by atoms with Crippen molar-refractivity contribution in [1.82, 2.24) is 20.1 Å². The number of aromatic nitrogens is 3. The van der Waals surface area contributed by atoms with Crippen molar-refractivity contribution in [2.75, 3.05) is 13.7 Å². The van der Waals surface area contributed by atoms with Gasteiger partial charge in [0.25, 0.3) is 5.91 Å². The summed E-state index contributed by atoms with van der Waals surface area (Å²) in [5, 5.41) is 7.98. The SMILES string of the molecule is CO[C@H]1C[C@H](c2nnc(C)o2)N(C(=O)c2ccc(OC3CCCC3)nc2)C1. The number of hydrogen-bond acceptors (Lipinski definition) is 7. The molecular weight excluding hydrogens is 348 g/mol. The van der Waals surface area contributed by atoms with Crippen LogP contribution < -0.4 is 4.74 Å². The number of rotatable bonds is 5. The Bertz CT molecular complexity index is 785. The molecule has 2 aromatic rings. The van der Waals surface area contributed by atoms with Gasteiger partial charge >= 0.3 is 0 Å². The molecule has 0 bridgehead atoms. The van der Waals surface area contributed by atoms with Crippen molar-refractivity contribution in [1.29, 1.82) is 0 Å². The lowest BCUT2D eigenvalue weighted by Gasteiger charge is -2.22. The molecule has 1 amide bonds. The number of carbonyl (C=O) groups is 1. The van der Waals surface area contributed by atoms with Gasteiger partial charge in [0, 0.05) is 39.3 Å². The van der Waals surface area contributed by atoms with Gasteiger partial charge in [-0.05, 0) is 31.7 Å². The van der Waals surface area contributed by atoms with Crippen molar-refractivity contribution in [3.8, 4) is 5.88 Å². The lowest BCUT2D eigenvalue weighted by molar-refractivity contribution is 0.0673. The number of aryl methyl sites for hydroxylation is 1. The molecule has 0 radical (unpaired) electrons. The molecule has 1 saturated carbocycles. The van der Waals surface area contributed by atoms with Gasteiger partial charge in [-0.25, -0.2) is 4.98 Å². The van der Waals surface area contributed by atoms with E-state index in [4.69, 9.17) is 13.9 Å². The summed E-state index contributed by atoms with van der Waals surface area (Å²) in [5.74, 6) is 1.36. The van der Waals surface area contributed by atoms with E-state index in [-0.39, 0.29) is 24.2 Å². The summed E-state index contributed by atoms with van der Waals surface area (Å²) in [6.07, 6.45) is 6.91. The van der Waals surface area contributed by atoms with Gasteiger partial charge in [-0.1, -0.05) is 0 Å². The van der Waals surface area contributed by atoms with Gasteiger partial charge in [-0.15, -0.1) is 10.2 Å². The van der Waals surface area contributed by atoms with Crippen molar-refractivity contribution in [2.45, 2.75) is 57.3 Å². The standard InChI is InChI=1S/C19H24N4O4/c1-12-21-22-18(26-12)16-9-15(25-2)11-23(16)19(24)13-7-8-17(20-10-13)27-14-5-3-4-6-14/h7-8,10,14-16H,3-6,9,11H2,1-2H3/t15-,16+/m0/s1. The van der Waals surface area contributed by atoms with Crippen LogP contribution in [-0.4, -0.2) is 51.9 Å². The fourth-order valence-corrected chi connectivity index (χ4v) is 3.79. The van der Waals surface area contributed by atoms with Crippen molar-refractivity contribution in [3.05, 3.63) is 35.7 Å². The molecular formula is C19H24N4O4. The number of amides is 1. The third-order valence-corrected chi connectivity index (χ3v) is 5.26. The number of pyridine rings is 1. The molecule has 4 rings (SSSR count). The van der Waals surface area contributed by atoms with Crippen LogP contribution in [-0.2, 0) is 4.74 Å². The van der Waals surface area contributed by atoms with Crippen LogP contribution in [0.5, 0.6) is 5.88 Å². The Balaban J connectivity index is 1.49. The van der Waals surface area contributed by atoms with E-state index in [9.17, 15) is 4.79 Å².